The van der Waals surface area contributed by atoms with E-state index in [9.17, 15) is 19.2 Å². The number of rotatable bonds is 9. The average Bonchev–Trinajstić information content (AvgIpc) is 3.22. The topological polar surface area (TPSA) is 127 Å². The van der Waals surface area contributed by atoms with Gasteiger partial charge in [-0.25, -0.2) is 0 Å². The maximum absolute atomic E-state index is 12.3. The Morgan fingerprint density at radius 3 is 2.31 bits per heavy atom. The number of aryl methyl sites for hydroxylation is 1. The van der Waals surface area contributed by atoms with E-state index in [1.54, 1.807) is 30.5 Å². The second kappa shape index (κ2) is 8.68. The monoisotopic (exact) mass is 397 g/mol. The lowest BCUT2D eigenvalue weighted by Gasteiger charge is -2.13. The van der Waals surface area contributed by atoms with Gasteiger partial charge < -0.3 is 11.1 Å². The molecule has 3 N–H and O–H groups in total. The normalized spacial score (nSPS) is 12.9. The van der Waals surface area contributed by atoms with Gasteiger partial charge in [0, 0.05) is 25.7 Å². The first-order chi connectivity index (χ1) is 13.9. The Labute approximate surface area is 167 Å². The first kappa shape index (κ1) is 20.2. The van der Waals surface area contributed by atoms with Crippen LogP contribution < -0.4 is 11.1 Å². The van der Waals surface area contributed by atoms with Crippen molar-refractivity contribution in [3.63, 3.8) is 0 Å². The van der Waals surface area contributed by atoms with Crippen molar-refractivity contribution in [1.82, 2.24) is 14.7 Å². The summed E-state index contributed by atoms with van der Waals surface area (Å²) < 4.78 is 1.53. The van der Waals surface area contributed by atoms with Crippen molar-refractivity contribution in [2.24, 2.45) is 5.73 Å². The molecule has 9 heteroatoms. The van der Waals surface area contributed by atoms with Crippen molar-refractivity contribution in [1.29, 1.82) is 0 Å². The number of nitrogens with one attached hydrogen (secondary N) is 1. The summed E-state index contributed by atoms with van der Waals surface area (Å²) in [7, 11) is 0. The maximum Gasteiger partial charge on any atom is 0.271 e. The third kappa shape index (κ3) is 4.34. The van der Waals surface area contributed by atoms with Crippen molar-refractivity contribution in [3.05, 3.63) is 47.3 Å². The number of primary amides is 1. The highest BCUT2D eigenvalue weighted by atomic mass is 16.2. The SMILES string of the molecule is CCn1cc(NC(=O)CCCCCN2C(=O)c3ccccc3C2=O)c(C(N)=O)n1. The fourth-order valence-electron chi connectivity index (χ4n) is 3.24. The first-order valence-corrected chi connectivity index (χ1v) is 9.54. The number of fused-ring (bicyclic) bond motifs is 1. The molecule has 3 rings (SSSR count). The van der Waals surface area contributed by atoms with Gasteiger partial charge in [0.05, 0.1) is 16.8 Å². The second-order valence-corrected chi connectivity index (χ2v) is 6.78. The van der Waals surface area contributed by atoms with Crippen LogP contribution in [0.25, 0.3) is 0 Å². The molecule has 2 aromatic rings. The van der Waals surface area contributed by atoms with E-state index < -0.39 is 5.91 Å². The molecule has 9 nitrogen and oxygen atoms in total. The largest absolute Gasteiger partial charge is 0.364 e. The number of amides is 4. The third-order valence-corrected chi connectivity index (χ3v) is 4.76. The van der Waals surface area contributed by atoms with Crippen LogP contribution in [0.4, 0.5) is 5.69 Å². The molecular formula is C20H23N5O4. The van der Waals surface area contributed by atoms with Crippen molar-refractivity contribution < 1.29 is 19.2 Å². The number of unbranched alkanes of at least 4 members (excludes halogenated alkanes) is 2. The Morgan fingerprint density at radius 2 is 1.72 bits per heavy atom. The van der Waals surface area contributed by atoms with Gasteiger partial charge in [0.25, 0.3) is 17.7 Å². The summed E-state index contributed by atoms with van der Waals surface area (Å²) in [5.41, 5.74) is 6.50. The van der Waals surface area contributed by atoms with Crippen molar-refractivity contribution >= 4 is 29.3 Å². The number of imide groups is 1. The maximum atomic E-state index is 12.3. The van der Waals surface area contributed by atoms with Gasteiger partial charge in [-0.3, -0.25) is 28.8 Å². The van der Waals surface area contributed by atoms with Crippen molar-refractivity contribution in [2.75, 3.05) is 11.9 Å². The molecule has 1 aromatic carbocycles. The van der Waals surface area contributed by atoms with Gasteiger partial charge in [-0.15, -0.1) is 0 Å². The van der Waals surface area contributed by atoms with Crippen LogP contribution in [-0.2, 0) is 11.3 Å². The third-order valence-electron chi connectivity index (χ3n) is 4.76. The summed E-state index contributed by atoms with van der Waals surface area (Å²) in [5.74, 6) is -1.48. The van der Waals surface area contributed by atoms with Gasteiger partial charge in [0.2, 0.25) is 5.91 Å². The number of nitrogens with two attached hydrogens (primary N) is 1. The molecule has 0 saturated carbocycles. The number of carbonyl (C=O) groups excluding carboxylic acids is 4. The molecule has 0 bridgehead atoms. The van der Waals surface area contributed by atoms with Crippen LogP contribution in [0.3, 0.4) is 0 Å². The summed E-state index contributed by atoms with van der Waals surface area (Å²) in [6.07, 6.45) is 3.69. The van der Waals surface area contributed by atoms with Crippen molar-refractivity contribution in [3.8, 4) is 0 Å². The molecule has 0 unspecified atom stereocenters. The summed E-state index contributed by atoms with van der Waals surface area (Å²) in [5, 5.41) is 6.69. The van der Waals surface area contributed by atoms with E-state index >= 15 is 0 Å². The standard InChI is InChI=1S/C20H23N5O4/c1-2-24-12-15(17(23-24)18(21)27)22-16(26)10-4-3-7-11-25-19(28)13-8-5-6-9-14(13)20(25)29/h5-6,8-9,12H,2-4,7,10-11H2,1H3,(H2,21,27)(H,22,26). The van der Waals surface area contributed by atoms with Crippen LogP contribution in [-0.4, -0.2) is 44.9 Å². The first-order valence-electron chi connectivity index (χ1n) is 9.54. The van der Waals surface area contributed by atoms with Crippen molar-refractivity contribution in [2.45, 2.75) is 39.2 Å². The number of nitrogens with zero attached hydrogens (tertiary/aromatic N) is 3. The number of benzene rings is 1. The predicted molar refractivity (Wildman–Crippen MR) is 105 cm³/mol. The second-order valence-electron chi connectivity index (χ2n) is 6.78. The molecule has 0 radical (unpaired) electrons. The lowest BCUT2D eigenvalue weighted by Crippen LogP contribution is -2.30. The summed E-state index contributed by atoms with van der Waals surface area (Å²) >= 11 is 0. The number of aromatic nitrogens is 2. The lowest BCUT2D eigenvalue weighted by atomic mass is 10.1. The zero-order valence-corrected chi connectivity index (χ0v) is 16.2. The van der Waals surface area contributed by atoms with Crippen LogP contribution in [0.1, 0.15) is 63.8 Å². The van der Waals surface area contributed by atoms with Crippen LogP contribution >= 0.6 is 0 Å². The Bertz CT molecular complexity index is 931. The van der Waals surface area contributed by atoms with E-state index in [-0.39, 0.29) is 29.8 Å². The van der Waals surface area contributed by atoms with E-state index in [0.717, 1.165) is 0 Å². The highest BCUT2D eigenvalue weighted by Gasteiger charge is 2.34. The van der Waals surface area contributed by atoms with E-state index in [1.807, 2.05) is 6.92 Å². The molecule has 152 valence electrons. The average molecular weight is 397 g/mol. The summed E-state index contributed by atoms with van der Waals surface area (Å²) in [6.45, 7) is 2.73. The molecule has 4 amide bonds. The minimum atomic E-state index is -0.701. The Morgan fingerprint density at radius 1 is 1.07 bits per heavy atom. The fourth-order valence-corrected chi connectivity index (χ4v) is 3.24. The van der Waals surface area contributed by atoms with Crippen LogP contribution in [0.2, 0.25) is 0 Å². The molecule has 0 saturated heterocycles. The highest BCUT2D eigenvalue weighted by molar-refractivity contribution is 6.21. The van der Waals surface area contributed by atoms with Gasteiger partial charge >= 0.3 is 0 Å². The minimum absolute atomic E-state index is 0.0332. The summed E-state index contributed by atoms with van der Waals surface area (Å²) in [4.78, 5) is 49.4. The van der Waals surface area contributed by atoms with E-state index in [0.29, 0.717) is 49.2 Å². The number of hydrogen-bond acceptors (Lipinski definition) is 5. The van der Waals surface area contributed by atoms with Crippen LogP contribution in [0.15, 0.2) is 30.5 Å². The number of anilines is 1. The molecule has 0 fully saturated rings. The van der Waals surface area contributed by atoms with Crippen LogP contribution in [0.5, 0.6) is 0 Å². The quantitative estimate of drug-likeness (QED) is 0.493. The lowest BCUT2D eigenvalue weighted by molar-refractivity contribution is -0.116. The molecule has 1 aliphatic rings. The van der Waals surface area contributed by atoms with Gasteiger partial charge in [0.1, 0.15) is 0 Å². The molecular weight excluding hydrogens is 374 g/mol. The van der Waals surface area contributed by atoms with Crippen LogP contribution in [0, 0.1) is 0 Å². The summed E-state index contributed by atoms with van der Waals surface area (Å²) in [6, 6.07) is 6.78. The Hall–Kier alpha value is -3.49. The zero-order chi connectivity index (χ0) is 21.0. The molecule has 0 atom stereocenters. The van der Waals surface area contributed by atoms with E-state index in [4.69, 9.17) is 5.73 Å². The minimum Gasteiger partial charge on any atom is -0.364 e. The predicted octanol–water partition coefficient (Wildman–Crippen LogP) is 1.80. The Kier molecular flexibility index (Phi) is 6.06. The highest BCUT2D eigenvalue weighted by Crippen LogP contribution is 2.23. The van der Waals surface area contributed by atoms with E-state index in [1.165, 1.54) is 9.58 Å². The Balaban J connectivity index is 1.43. The molecule has 29 heavy (non-hydrogen) atoms. The van der Waals surface area contributed by atoms with Gasteiger partial charge in [-0.05, 0) is 31.9 Å². The number of hydrogen-bond donors (Lipinski definition) is 2. The van der Waals surface area contributed by atoms with Gasteiger partial charge in [0.15, 0.2) is 5.69 Å². The molecule has 2 heterocycles. The van der Waals surface area contributed by atoms with E-state index in [2.05, 4.69) is 10.4 Å². The smallest absolute Gasteiger partial charge is 0.271 e. The fraction of sp³-hybridized carbons (Fsp3) is 0.350. The van der Waals surface area contributed by atoms with Gasteiger partial charge in [-0.2, -0.15) is 5.10 Å². The molecule has 1 aliphatic heterocycles. The number of carbonyl (C=O) groups is 4. The van der Waals surface area contributed by atoms with Gasteiger partial charge in [-0.1, -0.05) is 18.6 Å². The molecule has 0 spiro atoms. The zero-order valence-electron chi connectivity index (χ0n) is 16.2. The molecule has 0 aliphatic carbocycles. The molecule has 1 aromatic heterocycles.